The maximum atomic E-state index is 11.7. The fourth-order valence-electron chi connectivity index (χ4n) is 1.97. The second-order valence-electron chi connectivity index (χ2n) is 4.11. The van der Waals surface area contributed by atoms with E-state index in [4.69, 9.17) is 16.3 Å². The fraction of sp³-hybridized carbons (Fsp3) is 0.357. The van der Waals surface area contributed by atoms with Crippen LogP contribution in [0.2, 0.25) is 5.02 Å². The molecule has 2 rings (SSSR count). The monoisotopic (exact) mass is 250 g/mol. The van der Waals surface area contributed by atoms with E-state index in [0.29, 0.717) is 18.1 Å². The molecule has 0 saturated carbocycles. The van der Waals surface area contributed by atoms with E-state index in [9.17, 15) is 4.79 Å². The number of hydrogen-bond acceptors (Lipinski definition) is 2. The molecule has 0 spiro atoms. The Balaban J connectivity index is 2.21. The molecule has 0 saturated heterocycles. The van der Waals surface area contributed by atoms with Gasteiger partial charge in [0.15, 0.2) is 5.78 Å². The van der Waals surface area contributed by atoms with Crippen LogP contribution < -0.4 is 4.74 Å². The molecule has 0 aromatic heterocycles. The summed E-state index contributed by atoms with van der Waals surface area (Å²) in [5.41, 5.74) is 2.01. The van der Waals surface area contributed by atoms with Gasteiger partial charge in [-0.2, -0.15) is 0 Å². The summed E-state index contributed by atoms with van der Waals surface area (Å²) in [5, 5.41) is 0.677. The second kappa shape index (κ2) is 5.37. The van der Waals surface area contributed by atoms with E-state index in [2.05, 4.69) is 0 Å². The Morgan fingerprint density at radius 2 is 2.35 bits per heavy atom. The second-order valence-corrected chi connectivity index (χ2v) is 4.54. The third kappa shape index (κ3) is 2.89. The Morgan fingerprint density at radius 1 is 1.53 bits per heavy atom. The average molecular weight is 251 g/mol. The Morgan fingerprint density at radius 3 is 3.12 bits per heavy atom. The van der Waals surface area contributed by atoms with Crippen LogP contribution in [-0.4, -0.2) is 12.4 Å². The lowest BCUT2D eigenvalue weighted by Gasteiger charge is -2.07. The molecular formula is C14H15ClO2. The smallest absolute Gasteiger partial charge is 0.159 e. The van der Waals surface area contributed by atoms with Crippen LogP contribution in [0, 0.1) is 0 Å². The highest BCUT2D eigenvalue weighted by molar-refractivity contribution is 6.30. The van der Waals surface area contributed by atoms with Crippen LogP contribution in [0.1, 0.15) is 24.5 Å². The molecule has 2 nitrogen and oxygen atoms in total. The molecule has 17 heavy (non-hydrogen) atoms. The third-order valence-corrected chi connectivity index (χ3v) is 2.95. The maximum absolute atomic E-state index is 11.7. The normalized spacial score (nSPS) is 13.8. The highest BCUT2D eigenvalue weighted by Crippen LogP contribution is 2.33. The van der Waals surface area contributed by atoms with Crippen molar-refractivity contribution in [2.45, 2.75) is 26.2 Å². The van der Waals surface area contributed by atoms with Gasteiger partial charge in [0.05, 0.1) is 6.61 Å². The van der Waals surface area contributed by atoms with Gasteiger partial charge in [0.1, 0.15) is 5.75 Å². The molecule has 0 bridgehead atoms. The number of rotatable bonds is 4. The van der Waals surface area contributed by atoms with E-state index in [1.807, 2.05) is 25.1 Å². The Kier molecular flexibility index (Phi) is 3.85. The molecule has 90 valence electrons. The first kappa shape index (κ1) is 12.2. The SMILES string of the molecule is CC/C=C/C(=O)Cc1cc(Cl)cc2c1OCC2. The summed E-state index contributed by atoms with van der Waals surface area (Å²) in [6.45, 7) is 2.69. The minimum absolute atomic E-state index is 0.0896. The number of fused-ring (bicyclic) bond motifs is 1. The van der Waals surface area contributed by atoms with E-state index in [1.54, 1.807) is 6.08 Å². The number of carbonyl (C=O) groups excluding carboxylic acids is 1. The molecule has 1 aromatic rings. The molecule has 0 unspecified atom stereocenters. The molecule has 1 heterocycles. The van der Waals surface area contributed by atoms with E-state index in [1.165, 1.54) is 0 Å². The summed E-state index contributed by atoms with van der Waals surface area (Å²) in [5.74, 6) is 0.944. The van der Waals surface area contributed by atoms with E-state index in [-0.39, 0.29) is 5.78 Å². The first-order valence-electron chi connectivity index (χ1n) is 5.84. The Bertz CT molecular complexity index is 464. The summed E-state index contributed by atoms with van der Waals surface area (Å²) >= 11 is 6.03. The van der Waals surface area contributed by atoms with Crippen LogP contribution in [0.15, 0.2) is 24.3 Å². The molecule has 0 N–H and O–H groups in total. The zero-order valence-corrected chi connectivity index (χ0v) is 10.6. The van der Waals surface area contributed by atoms with Crippen molar-refractivity contribution < 1.29 is 9.53 Å². The first-order chi connectivity index (χ1) is 8.20. The highest BCUT2D eigenvalue weighted by Gasteiger charge is 2.18. The van der Waals surface area contributed by atoms with Gasteiger partial charge in [0.2, 0.25) is 0 Å². The average Bonchev–Trinajstić information content (AvgIpc) is 2.74. The summed E-state index contributed by atoms with van der Waals surface area (Å²) in [6.07, 6.45) is 5.60. The number of ketones is 1. The molecule has 1 aliphatic rings. The van der Waals surface area contributed by atoms with Crippen LogP contribution in [0.5, 0.6) is 5.75 Å². The minimum Gasteiger partial charge on any atom is -0.493 e. The van der Waals surface area contributed by atoms with Crippen molar-refractivity contribution in [3.63, 3.8) is 0 Å². The number of allylic oxidation sites excluding steroid dienone is 2. The summed E-state index contributed by atoms with van der Waals surface area (Å²) in [7, 11) is 0. The van der Waals surface area contributed by atoms with Gasteiger partial charge in [-0.25, -0.2) is 0 Å². The lowest BCUT2D eigenvalue weighted by Crippen LogP contribution is -2.01. The number of carbonyl (C=O) groups is 1. The van der Waals surface area contributed by atoms with Crippen molar-refractivity contribution in [3.05, 3.63) is 40.4 Å². The van der Waals surface area contributed by atoms with Crippen molar-refractivity contribution in [2.24, 2.45) is 0 Å². The van der Waals surface area contributed by atoms with E-state index in [0.717, 1.165) is 29.7 Å². The van der Waals surface area contributed by atoms with E-state index >= 15 is 0 Å². The van der Waals surface area contributed by atoms with Crippen molar-refractivity contribution >= 4 is 17.4 Å². The van der Waals surface area contributed by atoms with Gasteiger partial charge < -0.3 is 4.74 Å². The third-order valence-electron chi connectivity index (χ3n) is 2.73. The zero-order chi connectivity index (χ0) is 12.3. The largest absolute Gasteiger partial charge is 0.493 e. The van der Waals surface area contributed by atoms with Gasteiger partial charge in [-0.3, -0.25) is 4.79 Å². The summed E-state index contributed by atoms with van der Waals surface area (Å²) in [4.78, 5) is 11.7. The van der Waals surface area contributed by atoms with Gasteiger partial charge in [-0.05, 0) is 30.2 Å². The number of ether oxygens (including phenoxy) is 1. The molecule has 1 aliphatic heterocycles. The van der Waals surface area contributed by atoms with E-state index < -0.39 is 0 Å². The van der Waals surface area contributed by atoms with Crippen LogP contribution in [0.3, 0.4) is 0 Å². The summed E-state index contributed by atoms with van der Waals surface area (Å²) in [6, 6.07) is 3.74. The van der Waals surface area contributed by atoms with Crippen molar-refractivity contribution in [2.75, 3.05) is 6.61 Å². The molecule has 1 aromatic carbocycles. The highest BCUT2D eigenvalue weighted by atomic mass is 35.5. The van der Waals surface area contributed by atoms with Crippen LogP contribution >= 0.6 is 11.6 Å². The molecule has 0 amide bonds. The topological polar surface area (TPSA) is 26.3 Å². The van der Waals surface area contributed by atoms with Gasteiger partial charge in [-0.15, -0.1) is 0 Å². The molecule has 0 aliphatic carbocycles. The van der Waals surface area contributed by atoms with Crippen molar-refractivity contribution in [1.82, 2.24) is 0 Å². The maximum Gasteiger partial charge on any atom is 0.159 e. The quantitative estimate of drug-likeness (QED) is 0.766. The number of benzene rings is 1. The van der Waals surface area contributed by atoms with Crippen molar-refractivity contribution in [3.8, 4) is 5.75 Å². The predicted molar refractivity (Wildman–Crippen MR) is 68.8 cm³/mol. The lowest BCUT2D eigenvalue weighted by atomic mass is 10.0. The van der Waals surface area contributed by atoms with Gasteiger partial charge >= 0.3 is 0 Å². The number of halogens is 1. The van der Waals surface area contributed by atoms with Crippen LogP contribution in [-0.2, 0) is 17.6 Å². The Labute approximate surface area is 106 Å². The number of hydrogen-bond donors (Lipinski definition) is 0. The molecule has 0 atom stereocenters. The summed E-state index contributed by atoms with van der Waals surface area (Å²) < 4.78 is 5.55. The van der Waals surface area contributed by atoms with Gasteiger partial charge in [0, 0.05) is 23.4 Å². The fourth-order valence-corrected chi connectivity index (χ4v) is 2.24. The van der Waals surface area contributed by atoms with Crippen LogP contribution in [0.4, 0.5) is 0 Å². The molecular weight excluding hydrogens is 236 g/mol. The minimum atomic E-state index is 0.0896. The predicted octanol–water partition coefficient (Wildman–Crippen LogP) is 3.35. The standard InChI is InChI=1S/C14H15ClO2/c1-2-3-4-13(16)9-11-8-12(15)7-10-5-6-17-14(10)11/h3-4,7-8H,2,5-6,9H2,1H3/b4-3+. The van der Waals surface area contributed by atoms with Gasteiger partial charge in [-0.1, -0.05) is 24.6 Å². The molecule has 3 heteroatoms. The van der Waals surface area contributed by atoms with Crippen molar-refractivity contribution in [1.29, 1.82) is 0 Å². The molecule has 0 radical (unpaired) electrons. The lowest BCUT2D eigenvalue weighted by molar-refractivity contribution is -0.114. The zero-order valence-electron chi connectivity index (χ0n) is 9.83. The molecule has 0 fully saturated rings. The Hall–Kier alpha value is -1.28. The van der Waals surface area contributed by atoms with Crippen LogP contribution in [0.25, 0.3) is 0 Å². The first-order valence-corrected chi connectivity index (χ1v) is 6.22. The van der Waals surface area contributed by atoms with Gasteiger partial charge in [0.25, 0.3) is 0 Å².